The number of ether oxygens (including phenoxy) is 1. The molecule has 0 bridgehead atoms. The maximum absolute atomic E-state index is 12.7. The van der Waals surface area contributed by atoms with Crippen LogP contribution in [0.1, 0.15) is 51.2 Å². The van der Waals surface area contributed by atoms with Crippen LogP contribution in [0.25, 0.3) is 0 Å². The molecule has 1 aromatic rings. The lowest BCUT2D eigenvalue weighted by molar-refractivity contribution is -0.141. The molecule has 1 aliphatic rings. The predicted molar refractivity (Wildman–Crippen MR) is 101 cm³/mol. The molecule has 7 nitrogen and oxygen atoms in total. The molecule has 7 heteroatoms. The molecule has 0 spiro atoms. The second kappa shape index (κ2) is 7.98. The SMILES string of the molecule is Cc1cccc([C@@H]2CC(C(=O)N[C@H](C)C(=O)O)N(C(=O)OC(C)(C)C)C2)c1. The molecule has 1 fully saturated rings. The number of carboxylic acid groups (broad SMARTS) is 1. The van der Waals surface area contributed by atoms with E-state index in [9.17, 15) is 14.4 Å². The van der Waals surface area contributed by atoms with Crippen molar-refractivity contribution in [2.24, 2.45) is 0 Å². The minimum absolute atomic E-state index is 0.0201. The fourth-order valence-corrected chi connectivity index (χ4v) is 3.14. The lowest BCUT2D eigenvalue weighted by atomic mass is 9.95. The Hall–Kier alpha value is -2.57. The van der Waals surface area contributed by atoms with E-state index >= 15 is 0 Å². The topological polar surface area (TPSA) is 95.9 Å². The molecule has 1 aromatic carbocycles. The van der Waals surface area contributed by atoms with Crippen LogP contribution in [0, 0.1) is 6.92 Å². The van der Waals surface area contributed by atoms with Gasteiger partial charge in [0, 0.05) is 12.5 Å². The van der Waals surface area contributed by atoms with Crippen LogP contribution < -0.4 is 5.32 Å². The third kappa shape index (κ3) is 5.45. The molecule has 2 N–H and O–H groups in total. The number of carbonyl (C=O) groups excluding carboxylic acids is 2. The van der Waals surface area contributed by atoms with Crippen molar-refractivity contribution in [3.05, 3.63) is 35.4 Å². The molecule has 0 radical (unpaired) electrons. The lowest BCUT2D eigenvalue weighted by Crippen LogP contribution is -2.50. The number of nitrogens with zero attached hydrogens (tertiary/aromatic N) is 1. The Morgan fingerprint density at radius 1 is 1.30 bits per heavy atom. The fourth-order valence-electron chi connectivity index (χ4n) is 3.14. The molecule has 2 rings (SSSR count). The van der Waals surface area contributed by atoms with Gasteiger partial charge in [0.25, 0.3) is 0 Å². The molecule has 1 unspecified atom stereocenters. The Bertz CT molecular complexity index is 725. The Morgan fingerprint density at radius 3 is 2.52 bits per heavy atom. The van der Waals surface area contributed by atoms with E-state index in [1.54, 1.807) is 20.8 Å². The second-order valence-corrected chi connectivity index (χ2v) is 8.06. The van der Waals surface area contributed by atoms with Gasteiger partial charge >= 0.3 is 12.1 Å². The summed E-state index contributed by atoms with van der Waals surface area (Å²) in [6, 6.07) is 6.15. The highest BCUT2D eigenvalue weighted by Gasteiger charge is 2.42. The Labute approximate surface area is 159 Å². The summed E-state index contributed by atoms with van der Waals surface area (Å²) in [5.41, 5.74) is 1.46. The van der Waals surface area contributed by atoms with E-state index in [1.165, 1.54) is 11.8 Å². The number of hydrogen-bond donors (Lipinski definition) is 2. The maximum Gasteiger partial charge on any atom is 0.410 e. The van der Waals surface area contributed by atoms with Crippen LogP contribution in [0.4, 0.5) is 4.79 Å². The molecular formula is C20H28N2O5. The van der Waals surface area contributed by atoms with Crippen molar-refractivity contribution in [3.63, 3.8) is 0 Å². The number of aryl methyl sites for hydroxylation is 1. The summed E-state index contributed by atoms with van der Waals surface area (Å²) in [5, 5.41) is 11.5. The van der Waals surface area contributed by atoms with Gasteiger partial charge in [-0.25, -0.2) is 4.79 Å². The molecule has 3 atom stereocenters. The Balaban J connectivity index is 2.24. The van der Waals surface area contributed by atoms with Crippen molar-refractivity contribution < 1.29 is 24.2 Å². The molecule has 0 aromatic heterocycles. The monoisotopic (exact) mass is 376 g/mol. The molecule has 1 aliphatic heterocycles. The smallest absolute Gasteiger partial charge is 0.410 e. The van der Waals surface area contributed by atoms with Crippen molar-refractivity contribution in [1.29, 1.82) is 0 Å². The van der Waals surface area contributed by atoms with Crippen molar-refractivity contribution in [2.75, 3.05) is 6.54 Å². The summed E-state index contributed by atoms with van der Waals surface area (Å²) >= 11 is 0. The van der Waals surface area contributed by atoms with Crippen LogP contribution in [0.15, 0.2) is 24.3 Å². The summed E-state index contributed by atoms with van der Waals surface area (Å²) in [6.07, 6.45) is -0.151. The van der Waals surface area contributed by atoms with Crippen LogP contribution in [0.2, 0.25) is 0 Å². The first-order valence-corrected chi connectivity index (χ1v) is 9.07. The van der Waals surface area contributed by atoms with E-state index in [4.69, 9.17) is 9.84 Å². The van der Waals surface area contributed by atoms with Crippen molar-refractivity contribution in [2.45, 2.75) is 64.6 Å². The van der Waals surface area contributed by atoms with Crippen LogP contribution in [-0.4, -0.2) is 52.2 Å². The molecule has 1 saturated heterocycles. The predicted octanol–water partition coefficient (Wildman–Crippen LogP) is 2.68. The number of benzene rings is 1. The zero-order chi connectivity index (χ0) is 20.4. The van der Waals surface area contributed by atoms with Crippen molar-refractivity contribution >= 4 is 18.0 Å². The van der Waals surface area contributed by atoms with E-state index in [2.05, 4.69) is 5.32 Å². The number of carboxylic acids is 1. The number of rotatable bonds is 4. The van der Waals surface area contributed by atoms with Gasteiger partial charge < -0.3 is 15.2 Å². The molecule has 27 heavy (non-hydrogen) atoms. The van der Waals surface area contributed by atoms with Crippen LogP contribution in [0.3, 0.4) is 0 Å². The standard InChI is InChI=1S/C20H28N2O5/c1-12-7-6-8-14(9-12)15-10-16(17(23)21-13(2)18(24)25)22(11-15)19(26)27-20(3,4)5/h6-9,13,15-16H,10-11H2,1-5H3,(H,21,23)(H,24,25)/t13-,15-,16?/m1/s1. The van der Waals surface area contributed by atoms with Gasteiger partial charge in [-0.2, -0.15) is 0 Å². The number of amides is 2. The van der Waals surface area contributed by atoms with E-state index in [-0.39, 0.29) is 5.92 Å². The lowest BCUT2D eigenvalue weighted by Gasteiger charge is -2.28. The van der Waals surface area contributed by atoms with E-state index in [1.807, 2.05) is 31.2 Å². The minimum Gasteiger partial charge on any atom is -0.480 e. The largest absolute Gasteiger partial charge is 0.480 e. The molecule has 0 saturated carbocycles. The summed E-state index contributed by atoms with van der Waals surface area (Å²) in [7, 11) is 0. The third-order valence-electron chi connectivity index (χ3n) is 4.47. The highest BCUT2D eigenvalue weighted by Crippen LogP contribution is 2.33. The van der Waals surface area contributed by atoms with E-state index in [0.29, 0.717) is 13.0 Å². The van der Waals surface area contributed by atoms with Gasteiger partial charge in [0.2, 0.25) is 5.91 Å². The summed E-state index contributed by atoms with van der Waals surface area (Å²) < 4.78 is 5.45. The number of likely N-dealkylation sites (tertiary alicyclic amines) is 1. The number of nitrogens with one attached hydrogen (secondary N) is 1. The zero-order valence-electron chi connectivity index (χ0n) is 16.5. The van der Waals surface area contributed by atoms with Crippen LogP contribution >= 0.6 is 0 Å². The van der Waals surface area contributed by atoms with Gasteiger partial charge in [-0.3, -0.25) is 14.5 Å². The Morgan fingerprint density at radius 2 is 1.96 bits per heavy atom. The van der Waals surface area contributed by atoms with E-state index < -0.39 is 35.7 Å². The summed E-state index contributed by atoms with van der Waals surface area (Å²) in [4.78, 5) is 37.8. The normalized spacial score (nSPS) is 20.9. The minimum atomic E-state index is -1.12. The third-order valence-corrected chi connectivity index (χ3v) is 4.47. The summed E-state index contributed by atoms with van der Waals surface area (Å²) in [5.74, 6) is -1.63. The van der Waals surface area contributed by atoms with Gasteiger partial charge in [-0.1, -0.05) is 29.8 Å². The molecule has 148 valence electrons. The van der Waals surface area contributed by atoms with Gasteiger partial charge in [0.05, 0.1) is 0 Å². The average molecular weight is 376 g/mol. The zero-order valence-corrected chi connectivity index (χ0v) is 16.5. The Kier molecular flexibility index (Phi) is 6.13. The molecular weight excluding hydrogens is 348 g/mol. The highest BCUT2D eigenvalue weighted by molar-refractivity contribution is 5.89. The highest BCUT2D eigenvalue weighted by atomic mass is 16.6. The van der Waals surface area contributed by atoms with Crippen LogP contribution in [-0.2, 0) is 14.3 Å². The van der Waals surface area contributed by atoms with Gasteiger partial charge in [-0.15, -0.1) is 0 Å². The number of aliphatic carboxylic acids is 1. The first-order chi connectivity index (χ1) is 12.5. The van der Waals surface area contributed by atoms with Gasteiger partial charge in [0.15, 0.2) is 0 Å². The van der Waals surface area contributed by atoms with Gasteiger partial charge in [0.1, 0.15) is 17.7 Å². The number of carbonyl (C=O) groups is 3. The van der Waals surface area contributed by atoms with Gasteiger partial charge in [-0.05, 0) is 46.6 Å². The number of hydrogen-bond acceptors (Lipinski definition) is 4. The van der Waals surface area contributed by atoms with E-state index in [0.717, 1.165) is 11.1 Å². The maximum atomic E-state index is 12.7. The molecule has 1 heterocycles. The van der Waals surface area contributed by atoms with Crippen LogP contribution in [0.5, 0.6) is 0 Å². The molecule has 0 aliphatic carbocycles. The average Bonchev–Trinajstić information content (AvgIpc) is 2.98. The fraction of sp³-hybridized carbons (Fsp3) is 0.550. The first-order valence-electron chi connectivity index (χ1n) is 9.07. The first kappa shape index (κ1) is 20.7. The summed E-state index contributed by atoms with van der Waals surface area (Å²) in [6.45, 7) is 9.02. The van der Waals surface area contributed by atoms with Crippen molar-refractivity contribution in [1.82, 2.24) is 10.2 Å². The second-order valence-electron chi connectivity index (χ2n) is 8.06. The van der Waals surface area contributed by atoms with Crippen molar-refractivity contribution in [3.8, 4) is 0 Å². The quantitative estimate of drug-likeness (QED) is 0.842. The molecule has 2 amide bonds.